The molecule has 1 aliphatic rings. The number of halogens is 1. The Balaban J connectivity index is 1.77. The van der Waals surface area contributed by atoms with Gasteiger partial charge in [0, 0.05) is 25.2 Å². The van der Waals surface area contributed by atoms with Gasteiger partial charge in [-0.15, -0.1) is 5.06 Å². The van der Waals surface area contributed by atoms with Gasteiger partial charge in [-0.2, -0.15) is 0 Å². The molecule has 1 aliphatic heterocycles. The summed E-state index contributed by atoms with van der Waals surface area (Å²) in [6, 6.07) is 6.51. The Kier molecular flexibility index (Phi) is 6.29. The summed E-state index contributed by atoms with van der Waals surface area (Å²) in [4.78, 5) is 27.9. The molecule has 2 rings (SSSR count). The molecule has 0 aromatic heterocycles. The third kappa shape index (κ3) is 5.49. The second-order valence-corrected chi connectivity index (χ2v) is 5.25. The topological polar surface area (TPSA) is 55.8 Å². The first-order chi connectivity index (χ1) is 11.1. The molecule has 1 aromatic carbocycles. The Morgan fingerprint density at radius 2 is 1.78 bits per heavy atom. The Morgan fingerprint density at radius 3 is 2.39 bits per heavy atom. The van der Waals surface area contributed by atoms with Crippen molar-refractivity contribution in [1.29, 1.82) is 0 Å². The van der Waals surface area contributed by atoms with Crippen LogP contribution in [0.2, 0.25) is 0 Å². The summed E-state index contributed by atoms with van der Waals surface area (Å²) in [5.41, 5.74) is 1.10. The average molecular weight is 321 g/mol. The molecule has 5 nitrogen and oxygen atoms in total. The molecule has 0 amide bonds. The van der Waals surface area contributed by atoms with Gasteiger partial charge in [0.05, 0.1) is 6.61 Å². The first-order valence-electron chi connectivity index (χ1n) is 7.65. The van der Waals surface area contributed by atoms with Crippen LogP contribution in [-0.2, 0) is 19.2 Å². The zero-order valence-corrected chi connectivity index (χ0v) is 13.0. The van der Waals surface area contributed by atoms with E-state index in [4.69, 9.17) is 4.84 Å². The summed E-state index contributed by atoms with van der Waals surface area (Å²) < 4.78 is 17.6. The number of esters is 1. The van der Waals surface area contributed by atoms with E-state index in [1.807, 2.05) is 0 Å². The third-order valence-electron chi connectivity index (χ3n) is 3.66. The van der Waals surface area contributed by atoms with Gasteiger partial charge in [-0.05, 0) is 43.4 Å². The van der Waals surface area contributed by atoms with Gasteiger partial charge in [0.1, 0.15) is 5.82 Å². The molecule has 124 valence electrons. The summed E-state index contributed by atoms with van der Waals surface area (Å²) in [6.07, 6.45) is 3.75. The van der Waals surface area contributed by atoms with E-state index in [9.17, 15) is 14.0 Å². The van der Waals surface area contributed by atoms with Gasteiger partial charge >= 0.3 is 11.9 Å². The van der Waals surface area contributed by atoms with Crippen LogP contribution in [0.3, 0.4) is 0 Å². The van der Waals surface area contributed by atoms with Crippen molar-refractivity contribution in [2.24, 2.45) is 0 Å². The lowest BCUT2D eigenvalue weighted by Gasteiger charge is -2.30. The SMILES string of the molecule is CCOC(=O)/C=C/C(=O)ON1CCC(c2ccc(F)cc2)CC1. The molecule has 0 spiro atoms. The minimum Gasteiger partial charge on any atom is -0.463 e. The number of carbonyl (C=O) groups excluding carboxylic acids is 2. The zero-order valence-electron chi connectivity index (χ0n) is 13.0. The molecule has 0 bridgehead atoms. The Labute approximate surface area is 134 Å². The molecule has 1 fully saturated rings. The van der Waals surface area contributed by atoms with Crippen molar-refractivity contribution in [3.63, 3.8) is 0 Å². The molecule has 0 N–H and O–H groups in total. The molecule has 1 saturated heterocycles. The predicted octanol–water partition coefficient (Wildman–Crippen LogP) is 2.58. The Morgan fingerprint density at radius 1 is 1.17 bits per heavy atom. The lowest BCUT2D eigenvalue weighted by Crippen LogP contribution is -2.34. The molecule has 23 heavy (non-hydrogen) atoms. The van der Waals surface area contributed by atoms with Crippen LogP contribution in [0.25, 0.3) is 0 Å². The van der Waals surface area contributed by atoms with E-state index < -0.39 is 11.9 Å². The van der Waals surface area contributed by atoms with Gasteiger partial charge in [-0.3, -0.25) is 0 Å². The molecular weight excluding hydrogens is 301 g/mol. The number of carbonyl (C=O) groups is 2. The smallest absolute Gasteiger partial charge is 0.349 e. The highest BCUT2D eigenvalue weighted by Crippen LogP contribution is 2.28. The zero-order chi connectivity index (χ0) is 16.7. The fourth-order valence-corrected chi connectivity index (χ4v) is 2.50. The minimum atomic E-state index is -0.599. The number of ether oxygens (including phenoxy) is 1. The first-order valence-corrected chi connectivity index (χ1v) is 7.65. The second kappa shape index (κ2) is 8.43. The number of nitrogens with zero attached hydrogens (tertiary/aromatic N) is 1. The third-order valence-corrected chi connectivity index (χ3v) is 3.66. The first kappa shape index (κ1) is 17.1. The van der Waals surface area contributed by atoms with Crippen molar-refractivity contribution in [2.45, 2.75) is 25.7 Å². The quantitative estimate of drug-likeness (QED) is 0.616. The summed E-state index contributed by atoms with van der Waals surface area (Å²) >= 11 is 0. The summed E-state index contributed by atoms with van der Waals surface area (Å²) in [5.74, 6) is -1.08. The minimum absolute atomic E-state index is 0.242. The molecule has 6 heteroatoms. The number of rotatable bonds is 5. The van der Waals surface area contributed by atoms with Crippen molar-refractivity contribution >= 4 is 11.9 Å². The van der Waals surface area contributed by atoms with Crippen molar-refractivity contribution in [3.8, 4) is 0 Å². The highest BCUT2D eigenvalue weighted by atomic mass is 19.1. The standard InChI is InChI=1S/C17H20FNO4/c1-2-22-16(20)7-8-17(21)23-19-11-9-14(10-12-19)13-3-5-15(18)6-4-13/h3-8,14H,2,9-12H2,1H3/b8-7+. The van der Waals surface area contributed by atoms with Gasteiger partial charge in [-0.25, -0.2) is 14.0 Å². The van der Waals surface area contributed by atoms with E-state index in [-0.39, 0.29) is 12.4 Å². The maximum atomic E-state index is 12.9. The highest BCUT2D eigenvalue weighted by Gasteiger charge is 2.22. The number of hydrogen-bond acceptors (Lipinski definition) is 5. The molecule has 1 heterocycles. The predicted molar refractivity (Wildman–Crippen MR) is 81.8 cm³/mol. The van der Waals surface area contributed by atoms with E-state index in [2.05, 4.69) is 4.74 Å². The number of hydroxylamine groups is 2. The van der Waals surface area contributed by atoms with Crippen molar-refractivity contribution in [1.82, 2.24) is 5.06 Å². The van der Waals surface area contributed by atoms with Gasteiger partial charge in [0.15, 0.2) is 0 Å². The largest absolute Gasteiger partial charge is 0.463 e. The van der Waals surface area contributed by atoms with Gasteiger partial charge in [0.25, 0.3) is 0 Å². The Hall–Kier alpha value is -2.21. The van der Waals surface area contributed by atoms with Crippen LogP contribution in [0.15, 0.2) is 36.4 Å². The highest BCUT2D eigenvalue weighted by molar-refractivity contribution is 5.91. The van der Waals surface area contributed by atoms with E-state index in [0.29, 0.717) is 19.0 Å². The molecule has 0 unspecified atom stereocenters. The maximum Gasteiger partial charge on any atom is 0.349 e. The summed E-state index contributed by atoms with van der Waals surface area (Å²) in [5, 5.41) is 1.58. The molecule has 1 aromatic rings. The summed E-state index contributed by atoms with van der Waals surface area (Å²) in [7, 11) is 0. The molecule has 0 saturated carbocycles. The summed E-state index contributed by atoms with van der Waals surface area (Å²) in [6.45, 7) is 3.15. The van der Waals surface area contributed by atoms with Crippen LogP contribution in [0, 0.1) is 5.82 Å². The fourth-order valence-electron chi connectivity index (χ4n) is 2.50. The second-order valence-electron chi connectivity index (χ2n) is 5.25. The van der Waals surface area contributed by atoms with Crippen LogP contribution in [-0.4, -0.2) is 36.7 Å². The fraction of sp³-hybridized carbons (Fsp3) is 0.412. The monoisotopic (exact) mass is 321 g/mol. The Bertz CT molecular complexity index is 562. The number of hydrogen-bond donors (Lipinski definition) is 0. The maximum absolute atomic E-state index is 12.9. The van der Waals surface area contributed by atoms with Crippen LogP contribution < -0.4 is 0 Å². The van der Waals surface area contributed by atoms with Crippen LogP contribution >= 0.6 is 0 Å². The van der Waals surface area contributed by atoms with Crippen LogP contribution in [0.4, 0.5) is 4.39 Å². The lowest BCUT2D eigenvalue weighted by molar-refractivity contribution is -0.188. The average Bonchev–Trinajstić information content (AvgIpc) is 2.55. The van der Waals surface area contributed by atoms with Crippen molar-refractivity contribution < 1.29 is 23.6 Å². The van der Waals surface area contributed by atoms with Gasteiger partial charge in [-0.1, -0.05) is 12.1 Å². The van der Waals surface area contributed by atoms with Gasteiger partial charge in [0.2, 0.25) is 0 Å². The van der Waals surface area contributed by atoms with Crippen molar-refractivity contribution in [3.05, 3.63) is 47.8 Å². The van der Waals surface area contributed by atoms with Crippen LogP contribution in [0.5, 0.6) is 0 Å². The molecule has 0 atom stereocenters. The lowest BCUT2D eigenvalue weighted by atomic mass is 9.90. The van der Waals surface area contributed by atoms with E-state index in [1.165, 1.54) is 12.1 Å². The normalized spacial score (nSPS) is 16.4. The number of piperidine rings is 1. The van der Waals surface area contributed by atoms with Crippen LogP contribution in [0.1, 0.15) is 31.2 Å². The van der Waals surface area contributed by atoms with E-state index >= 15 is 0 Å². The number of benzene rings is 1. The molecule has 0 radical (unpaired) electrons. The molecule has 0 aliphatic carbocycles. The van der Waals surface area contributed by atoms with Crippen molar-refractivity contribution in [2.75, 3.05) is 19.7 Å². The molecular formula is C17H20FNO4. The van der Waals surface area contributed by atoms with E-state index in [1.54, 1.807) is 24.1 Å². The van der Waals surface area contributed by atoms with Gasteiger partial charge < -0.3 is 9.57 Å². The van der Waals surface area contributed by atoms with E-state index in [0.717, 1.165) is 30.6 Å².